The number of phenols is 1. The number of aromatic hydroxyl groups is 1. The molecule has 4 rings (SSSR count). The number of rotatable bonds is 9. The predicted molar refractivity (Wildman–Crippen MR) is 135 cm³/mol. The summed E-state index contributed by atoms with van der Waals surface area (Å²) in [6, 6.07) is 28.2. The molecular weight excluding hydrogens is 456 g/mol. The van der Waals surface area contributed by atoms with Gasteiger partial charge in [0.05, 0.1) is 16.7 Å². The molecule has 0 amide bonds. The number of ether oxygens (including phenoxy) is 2. The Hall–Kier alpha value is -4.71. The van der Waals surface area contributed by atoms with Crippen LogP contribution in [0.5, 0.6) is 17.2 Å². The average Bonchev–Trinajstić information content (AvgIpc) is 2.91. The number of ketones is 1. The predicted octanol–water partition coefficient (Wildman–Crippen LogP) is 6.04. The van der Waals surface area contributed by atoms with Gasteiger partial charge in [-0.15, -0.1) is 0 Å². The van der Waals surface area contributed by atoms with E-state index in [9.17, 15) is 19.5 Å². The van der Waals surface area contributed by atoms with Crippen molar-refractivity contribution in [2.24, 2.45) is 0 Å². The lowest BCUT2D eigenvalue weighted by Gasteiger charge is -2.12. The van der Waals surface area contributed by atoms with Crippen molar-refractivity contribution in [1.29, 1.82) is 0 Å². The first kappa shape index (κ1) is 24.4. The van der Waals surface area contributed by atoms with Crippen LogP contribution in [-0.4, -0.2) is 22.8 Å². The van der Waals surface area contributed by atoms with Crippen LogP contribution in [0.25, 0.3) is 0 Å². The molecule has 0 aliphatic rings. The van der Waals surface area contributed by atoms with Crippen LogP contribution >= 0.6 is 0 Å². The molecule has 6 nitrogen and oxygen atoms in total. The Morgan fingerprint density at radius 1 is 0.667 bits per heavy atom. The fourth-order valence-corrected chi connectivity index (χ4v) is 3.60. The lowest BCUT2D eigenvalue weighted by atomic mass is 10.0. The molecule has 0 bridgehead atoms. The number of Topliss-reactive ketones (excluding diaryl/α,β-unsaturated/α-hetero) is 1. The zero-order valence-corrected chi connectivity index (χ0v) is 19.4. The van der Waals surface area contributed by atoms with Gasteiger partial charge in [-0.05, 0) is 66.9 Å². The highest BCUT2D eigenvalue weighted by Crippen LogP contribution is 2.28. The Kier molecular flexibility index (Phi) is 7.88. The van der Waals surface area contributed by atoms with E-state index < -0.39 is 11.9 Å². The third-order valence-electron chi connectivity index (χ3n) is 5.49. The maximum absolute atomic E-state index is 13.0. The van der Waals surface area contributed by atoms with Crippen LogP contribution in [0, 0.1) is 0 Å². The van der Waals surface area contributed by atoms with Crippen molar-refractivity contribution in [2.45, 2.75) is 19.3 Å². The van der Waals surface area contributed by atoms with Crippen molar-refractivity contribution in [3.05, 3.63) is 125 Å². The van der Waals surface area contributed by atoms with E-state index in [-0.39, 0.29) is 35.0 Å². The minimum atomic E-state index is -0.625. The summed E-state index contributed by atoms with van der Waals surface area (Å²) >= 11 is 0. The van der Waals surface area contributed by atoms with E-state index in [1.165, 1.54) is 18.2 Å². The van der Waals surface area contributed by atoms with Crippen LogP contribution in [0.3, 0.4) is 0 Å². The van der Waals surface area contributed by atoms with Crippen LogP contribution in [-0.2, 0) is 6.42 Å². The standard InChI is InChI=1S/C30H24O6/c31-24-16-14-21(15-17-24)8-7-13-27(32)26-19-18-25(35-29(33)22-9-3-1-4-10-22)20-28(26)36-30(34)23-11-5-2-6-12-23/h1-6,9-12,14-20,31H,7-8,13H2. The molecule has 36 heavy (non-hydrogen) atoms. The second-order valence-corrected chi connectivity index (χ2v) is 8.11. The van der Waals surface area contributed by atoms with E-state index in [0.29, 0.717) is 24.0 Å². The van der Waals surface area contributed by atoms with E-state index in [4.69, 9.17) is 9.47 Å². The highest BCUT2D eigenvalue weighted by atomic mass is 16.5. The van der Waals surface area contributed by atoms with Gasteiger partial charge in [0, 0.05) is 12.5 Å². The van der Waals surface area contributed by atoms with Gasteiger partial charge in [0.25, 0.3) is 0 Å². The smallest absolute Gasteiger partial charge is 0.343 e. The topological polar surface area (TPSA) is 89.9 Å². The van der Waals surface area contributed by atoms with E-state index in [0.717, 1.165) is 5.56 Å². The van der Waals surface area contributed by atoms with E-state index >= 15 is 0 Å². The van der Waals surface area contributed by atoms with Crippen LogP contribution in [0.1, 0.15) is 49.5 Å². The zero-order chi connectivity index (χ0) is 25.3. The third-order valence-corrected chi connectivity index (χ3v) is 5.49. The first-order valence-corrected chi connectivity index (χ1v) is 11.5. The first-order valence-electron chi connectivity index (χ1n) is 11.5. The highest BCUT2D eigenvalue weighted by molar-refractivity contribution is 6.01. The van der Waals surface area contributed by atoms with Crippen molar-refractivity contribution in [2.75, 3.05) is 0 Å². The van der Waals surface area contributed by atoms with Gasteiger partial charge in [0.1, 0.15) is 17.2 Å². The highest BCUT2D eigenvalue weighted by Gasteiger charge is 2.19. The molecule has 4 aromatic carbocycles. The number of hydrogen-bond donors (Lipinski definition) is 1. The summed E-state index contributed by atoms with van der Waals surface area (Å²) < 4.78 is 11.0. The van der Waals surface area contributed by atoms with Gasteiger partial charge in [0.2, 0.25) is 0 Å². The number of esters is 2. The molecule has 6 heteroatoms. The summed E-state index contributed by atoms with van der Waals surface area (Å²) in [5.41, 5.74) is 1.92. The van der Waals surface area contributed by atoms with E-state index in [2.05, 4.69) is 0 Å². The van der Waals surface area contributed by atoms with Crippen LogP contribution < -0.4 is 9.47 Å². The summed E-state index contributed by atoms with van der Waals surface area (Å²) in [4.78, 5) is 38.2. The maximum Gasteiger partial charge on any atom is 0.343 e. The molecule has 0 saturated carbocycles. The Labute approximate surface area is 208 Å². The normalized spacial score (nSPS) is 10.4. The molecular formula is C30H24O6. The minimum Gasteiger partial charge on any atom is -0.508 e. The third kappa shape index (κ3) is 6.45. The molecule has 0 aromatic heterocycles. The van der Waals surface area contributed by atoms with Gasteiger partial charge in [-0.2, -0.15) is 0 Å². The van der Waals surface area contributed by atoms with Gasteiger partial charge >= 0.3 is 11.9 Å². The fourth-order valence-electron chi connectivity index (χ4n) is 3.60. The summed E-state index contributed by atoms with van der Waals surface area (Å²) in [6.07, 6.45) is 1.44. The quantitative estimate of drug-likeness (QED) is 0.179. The fraction of sp³-hybridized carbons (Fsp3) is 0.100. The molecule has 0 aliphatic heterocycles. The molecule has 180 valence electrons. The molecule has 4 aromatic rings. The first-order chi connectivity index (χ1) is 17.5. The van der Waals surface area contributed by atoms with Gasteiger partial charge in [-0.1, -0.05) is 48.5 Å². The average molecular weight is 481 g/mol. The van der Waals surface area contributed by atoms with Crippen LogP contribution in [0.4, 0.5) is 0 Å². The number of benzene rings is 4. The molecule has 0 spiro atoms. The SMILES string of the molecule is O=C(Oc1ccc(C(=O)CCCc2ccc(O)cc2)c(OC(=O)c2ccccc2)c1)c1ccccc1. The molecule has 0 saturated heterocycles. The number of hydrogen-bond acceptors (Lipinski definition) is 6. The molecule has 0 atom stereocenters. The monoisotopic (exact) mass is 480 g/mol. The second kappa shape index (κ2) is 11.6. The molecule has 0 heterocycles. The Balaban J connectivity index is 1.52. The van der Waals surface area contributed by atoms with Crippen molar-refractivity contribution in [1.82, 2.24) is 0 Å². The minimum absolute atomic E-state index is 0.0249. The largest absolute Gasteiger partial charge is 0.508 e. The molecule has 0 fully saturated rings. The molecule has 0 aliphatic carbocycles. The summed E-state index contributed by atoms with van der Waals surface area (Å²) in [7, 11) is 0. The lowest BCUT2D eigenvalue weighted by Crippen LogP contribution is -2.13. The van der Waals surface area contributed by atoms with E-state index in [1.807, 2.05) is 12.1 Å². The van der Waals surface area contributed by atoms with Crippen LogP contribution in [0.15, 0.2) is 103 Å². The van der Waals surface area contributed by atoms with Gasteiger partial charge in [-0.25, -0.2) is 9.59 Å². The number of carbonyl (C=O) groups is 3. The van der Waals surface area contributed by atoms with Gasteiger partial charge in [-0.3, -0.25) is 4.79 Å². The Bertz CT molecular complexity index is 1350. The Morgan fingerprint density at radius 2 is 1.25 bits per heavy atom. The molecule has 0 radical (unpaired) electrons. The molecule has 1 N–H and O–H groups in total. The molecule has 0 unspecified atom stereocenters. The Morgan fingerprint density at radius 3 is 1.86 bits per heavy atom. The van der Waals surface area contributed by atoms with Crippen molar-refractivity contribution >= 4 is 17.7 Å². The van der Waals surface area contributed by atoms with Crippen molar-refractivity contribution < 1.29 is 29.0 Å². The van der Waals surface area contributed by atoms with Crippen molar-refractivity contribution in [3.8, 4) is 17.2 Å². The van der Waals surface area contributed by atoms with E-state index in [1.54, 1.807) is 72.8 Å². The van der Waals surface area contributed by atoms with Gasteiger partial charge in [0.15, 0.2) is 5.78 Å². The number of carbonyl (C=O) groups excluding carboxylic acids is 3. The second-order valence-electron chi connectivity index (χ2n) is 8.11. The lowest BCUT2D eigenvalue weighted by molar-refractivity contribution is 0.0731. The summed E-state index contributed by atoms with van der Waals surface area (Å²) in [5, 5.41) is 9.42. The van der Waals surface area contributed by atoms with Crippen molar-refractivity contribution in [3.63, 3.8) is 0 Å². The zero-order valence-electron chi connectivity index (χ0n) is 19.4. The number of aryl methyl sites for hydroxylation is 1. The maximum atomic E-state index is 13.0. The van der Waals surface area contributed by atoms with Crippen LogP contribution in [0.2, 0.25) is 0 Å². The van der Waals surface area contributed by atoms with Gasteiger partial charge < -0.3 is 14.6 Å². The summed E-state index contributed by atoms with van der Waals surface area (Å²) in [5.74, 6) is -1.03. The number of phenolic OH excluding ortho intramolecular Hbond substituents is 1. The summed E-state index contributed by atoms with van der Waals surface area (Å²) in [6.45, 7) is 0.